The average molecular weight is 341 g/mol. The molecule has 0 aliphatic rings. The molecule has 0 fully saturated rings. The Kier molecular flexibility index (Phi) is 4.97. The summed E-state index contributed by atoms with van der Waals surface area (Å²) in [6, 6.07) is 14.1. The fraction of sp³-hybridized carbons (Fsp3) is 0.143. The Morgan fingerprint density at radius 2 is 1.55 bits per heavy atom. The van der Waals surface area contributed by atoms with Crippen LogP contribution in [0.3, 0.4) is 0 Å². The second-order valence-electron chi connectivity index (χ2n) is 4.61. The van der Waals surface area contributed by atoms with Crippen LogP contribution in [0.5, 0.6) is 0 Å². The summed E-state index contributed by atoms with van der Waals surface area (Å²) in [6.07, 6.45) is 1.01. The van der Waals surface area contributed by atoms with Crippen molar-refractivity contribution in [1.29, 1.82) is 0 Å². The largest absolute Gasteiger partial charge is 0.282 e. The van der Waals surface area contributed by atoms with Gasteiger partial charge in [-0.3, -0.25) is 4.84 Å². The van der Waals surface area contributed by atoms with Crippen molar-refractivity contribution >= 4 is 19.9 Å². The van der Waals surface area contributed by atoms with Gasteiger partial charge in [-0.1, -0.05) is 41.3 Å². The molecule has 0 aromatic heterocycles. The van der Waals surface area contributed by atoms with Crippen LogP contribution in [0.2, 0.25) is 0 Å². The van der Waals surface area contributed by atoms with Crippen LogP contribution >= 0.6 is 0 Å². The topological polar surface area (TPSA) is 89.5 Å². The first-order valence-corrected chi connectivity index (χ1v) is 9.64. The molecule has 1 N–H and O–H groups in total. The van der Waals surface area contributed by atoms with E-state index in [9.17, 15) is 16.8 Å². The van der Waals surface area contributed by atoms with Crippen molar-refractivity contribution < 1.29 is 21.7 Å². The zero-order valence-corrected chi connectivity index (χ0v) is 13.4. The molecule has 0 spiro atoms. The Hall–Kier alpha value is -1.74. The van der Waals surface area contributed by atoms with E-state index in [-0.39, 0.29) is 16.4 Å². The van der Waals surface area contributed by atoms with E-state index < -0.39 is 19.9 Å². The molecular formula is C14H15NO5S2. The lowest BCUT2D eigenvalue weighted by Gasteiger charge is -2.08. The maximum atomic E-state index is 12.1. The van der Waals surface area contributed by atoms with Gasteiger partial charge in [-0.05, 0) is 23.8 Å². The number of hydrogen-bond acceptors (Lipinski definition) is 5. The van der Waals surface area contributed by atoms with Crippen LogP contribution in [0.4, 0.5) is 0 Å². The van der Waals surface area contributed by atoms with E-state index in [0.29, 0.717) is 0 Å². The van der Waals surface area contributed by atoms with E-state index in [4.69, 9.17) is 4.84 Å². The minimum atomic E-state index is -3.95. The lowest BCUT2D eigenvalue weighted by Crippen LogP contribution is -2.24. The van der Waals surface area contributed by atoms with Crippen LogP contribution in [0, 0.1) is 0 Å². The molecule has 0 aliphatic heterocycles. The first-order valence-electron chi connectivity index (χ1n) is 6.27. The van der Waals surface area contributed by atoms with Crippen LogP contribution in [-0.4, -0.2) is 23.1 Å². The van der Waals surface area contributed by atoms with Crippen LogP contribution in [0.15, 0.2) is 64.4 Å². The molecule has 0 saturated heterocycles. The second kappa shape index (κ2) is 6.57. The van der Waals surface area contributed by atoms with Gasteiger partial charge in [0.15, 0.2) is 9.84 Å². The third-order valence-electron chi connectivity index (χ3n) is 2.79. The fourth-order valence-corrected chi connectivity index (χ4v) is 3.28. The van der Waals surface area contributed by atoms with Gasteiger partial charge >= 0.3 is 0 Å². The highest BCUT2D eigenvalue weighted by Gasteiger charge is 2.17. The highest BCUT2D eigenvalue weighted by Crippen LogP contribution is 2.15. The van der Waals surface area contributed by atoms with Crippen molar-refractivity contribution in [3.63, 3.8) is 0 Å². The standard InChI is InChI=1S/C14H15NO5S2/c1-21(16,17)13-8-5-9-14(10-13)22(18,19)15-20-11-12-6-3-2-4-7-12/h2-10,15H,11H2,1H3. The molecule has 0 heterocycles. The van der Waals surface area contributed by atoms with E-state index >= 15 is 0 Å². The second-order valence-corrected chi connectivity index (χ2v) is 8.27. The van der Waals surface area contributed by atoms with Gasteiger partial charge in [0, 0.05) is 6.26 Å². The van der Waals surface area contributed by atoms with Gasteiger partial charge in [-0.25, -0.2) is 16.8 Å². The van der Waals surface area contributed by atoms with Crippen molar-refractivity contribution in [2.24, 2.45) is 0 Å². The molecule has 118 valence electrons. The predicted molar refractivity (Wildman–Crippen MR) is 81.1 cm³/mol. The highest BCUT2D eigenvalue weighted by atomic mass is 32.2. The summed E-state index contributed by atoms with van der Waals surface area (Å²) in [4.78, 5) is 6.71. The molecule has 0 amide bonds. The summed E-state index contributed by atoms with van der Waals surface area (Å²) in [7, 11) is -7.43. The Bertz CT molecular complexity index is 846. The Morgan fingerprint density at radius 3 is 2.18 bits per heavy atom. The predicted octanol–water partition coefficient (Wildman–Crippen LogP) is 1.50. The van der Waals surface area contributed by atoms with Crippen molar-refractivity contribution in [2.75, 3.05) is 6.26 Å². The molecule has 0 aliphatic carbocycles. The van der Waals surface area contributed by atoms with Crippen molar-refractivity contribution in [2.45, 2.75) is 16.4 Å². The van der Waals surface area contributed by atoms with Gasteiger partial charge in [0.1, 0.15) is 0 Å². The van der Waals surface area contributed by atoms with Crippen molar-refractivity contribution in [3.8, 4) is 0 Å². The maximum Gasteiger partial charge on any atom is 0.262 e. The van der Waals surface area contributed by atoms with Crippen molar-refractivity contribution in [1.82, 2.24) is 4.89 Å². The van der Waals surface area contributed by atoms with Gasteiger partial charge in [0.2, 0.25) is 0 Å². The Labute approximate surface area is 129 Å². The van der Waals surface area contributed by atoms with Crippen LogP contribution in [0.1, 0.15) is 5.56 Å². The lowest BCUT2D eigenvalue weighted by atomic mass is 10.2. The van der Waals surface area contributed by atoms with Crippen LogP contribution < -0.4 is 4.89 Å². The van der Waals surface area contributed by atoms with Gasteiger partial charge in [-0.15, -0.1) is 0 Å². The minimum Gasteiger partial charge on any atom is -0.282 e. The molecule has 0 radical (unpaired) electrons. The molecular weight excluding hydrogens is 326 g/mol. The van der Waals surface area contributed by atoms with E-state index in [1.165, 1.54) is 18.2 Å². The average Bonchev–Trinajstić information content (AvgIpc) is 2.47. The number of sulfonamides is 1. The monoisotopic (exact) mass is 341 g/mol. The third kappa shape index (κ3) is 4.38. The van der Waals surface area contributed by atoms with E-state index in [2.05, 4.69) is 0 Å². The zero-order chi connectivity index (χ0) is 16.2. The van der Waals surface area contributed by atoms with Crippen LogP contribution in [-0.2, 0) is 31.3 Å². The molecule has 2 rings (SSSR count). The minimum absolute atomic E-state index is 0.0613. The Balaban J connectivity index is 2.11. The van der Waals surface area contributed by atoms with Gasteiger partial charge in [-0.2, -0.15) is 0 Å². The summed E-state index contributed by atoms with van der Waals surface area (Å²) < 4.78 is 47.1. The smallest absolute Gasteiger partial charge is 0.262 e. The molecule has 0 atom stereocenters. The fourth-order valence-electron chi connectivity index (χ4n) is 1.68. The summed E-state index contributed by atoms with van der Waals surface area (Å²) in [6.45, 7) is 0.0613. The molecule has 22 heavy (non-hydrogen) atoms. The van der Waals surface area contributed by atoms with E-state index in [1.807, 2.05) is 23.1 Å². The quantitative estimate of drug-likeness (QED) is 0.804. The van der Waals surface area contributed by atoms with Gasteiger partial charge in [0.05, 0.1) is 16.4 Å². The Morgan fingerprint density at radius 1 is 0.909 bits per heavy atom. The summed E-state index contributed by atoms with van der Waals surface area (Å²) in [5.41, 5.74) is 0.801. The first kappa shape index (κ1) is 16.6. The van der Waals surface area contributed by atoms with Gasteiger partial charge in [0.25, 0.3) is 10.0 Å². The zero-order valence-electron chi connectivity index (χ0n) is 11.8. The first-order chi connectivity index (χ1) is 10.3. The molecule has 0 bridgehead atoms. The number of nitrogens with one attached hydrogen (secondary N) is 1. The number of sulfone groups is 1. The third-order valence-corrected chi connectivity index (χ3v) is 5.12. The van der Waals surface area contributed by atoms with Gasteiger partial charge < -0.3 is 0 Å². The van der Waals surface area contributed by atoms with E-state index in [0.717, 1.165) is 17.9 Å². The van der Waals surface area contributed by atoms with Crippen molar-refractivity contribution in [3.05, 3.63) is 60.2 Å². The maximum absolute atomic E-state index is 12.1. The molecule has 2 aromatic carbocycles. The number of rotatable bonds is 6. The lowest BCUT2D eigenvalue weighted by molar-refractivity contribution is 0.0795. The summed E-state index contributed by atoms with van der Waals surface area (Å²) in [5.74, 6) is 0. The molecule has 0 saturated carbocycles. The normalized spacial score (nSPS) is 12.2. The van der Waals surface area contributed by atoms with E-state index in [1.54, 1.807) is 12.1 Å². The molecule has 2 aromatic rings. The number of hydrogen-bond donors (Lipinski definition) is 1. The molecule has 0 unspecified atom stereocenters. The SMILES string of the molecule is CS(=O)(=O)c1cccc(S(=O)(=O)NOCc2ccccc2)c1. The number of benzene rings is 2. The highest BCUT2D eigenvalue weighted by molar-refractivity contribution is 7.91. The summed E-state index contributed by atoms with van der Waals surface area (Å²) in [5, 5.41) is 0. The molecule has 8 heteroatoms. The molecule has 6 nitrogen and oxygen atoms in total. The summed E-state index contributed by atoms with van der Waals surface area (Å²) >= 11 is 0. The van der Waals surface area contributed by atoms with Crippen LogP contribution in [0.25, 0.3) is 0 Å².